The second-order valence-electron chi connectivity index (χ2n) is 7.47. The summed E-state index contributed by atoms with van der Waals surface area (Å²) >= 11 is 0. The number of aromatic amines is 1. The molecule has 1 unspecified atom stereocenters. The first-order chi connectivity index (χ1) is 13.5. The van der Waals surface area contributed by atoms with E-state index in [2.05, 4.69) is 24.8 Å². The average molecular weight is 379 g/mol. The van der Waals surface area contributed by atoms with E-state index in [-0.39, 0.29) is 17.4 Å². The van der Waals surface area contributed by atoms with Crippen molar-refractivity contribution in [3.63, 3.8) is 0 Å². The van der Waals surface area contributed by atoms with Crippen molar-refractivity contribution in [2.45, 2.75) is 39.0 Å². The van der Waals surface area contributed by atoms with Crippen LogP contribution in [0, 0.1) is 12.8 Å². The summed E-state index contributed by atoms with van der Waals surface area (Å²) in [4.78, 5) is 36.7. The third kappa shape index (κ3) is 3.56. The number of nitrogens with zero attached hydrogens (tertiary/aromatic N) is 3. The molecular formula is C21H25N5O2. The average Bonchev–Trinajstić information content (AvgIpc) is 2.85. The molecule has 0 saturated heterocycles. The minimum Gasteiger partial charge on any atom is -0.355 e. The van der Waals surface area contributed by atoms with E-state index in [1.807, 2.05) is 31.3 Å². The maximum Gasteiger partial charge on any atom is 0.254 e. The first-order valence-corrected chi connectivity index (χ1v) is 9.79. The molecule has 1 aliphatic carbocycles. The van der Waals surface area contributed by atoms with Crippen molar-refractivity contribution in [3.8, 4) is 0 Å². The number of aromatic nitrogens is 4. The highest BCUT2D eigenvalue weighted by Gasteiger charge is 2.24. The normalized spacial score (nSPS) is 16.6. The number of amides is 1. The number of fused-ring (bicyclic) bond motifs is 2. The Bertz CT molecular complexity index is 1080. The summed E-state index contributed by atoms with van der Waals surface area (Å²) in [6, 6.07) is 8.02. The van der Waals surface area contributed by atoms with Crippen molar-refractivity contribution in [3.05, 3.63) is 57.5 Å². The number of aryl methyl sites for hydroxylation is 3. The lowest BCUT2D eigenvalue weighted by atomic mass is 9.99. The number of nitrogens with one attached hydrogen (secondary N) is 2. The number of carbonyl (C=O) groups excluding carboxylic acids is 1. The molecule has 2 heterocycles. The van der Waals surface area contributed by atoms with Crippen molar-refractivity contribution < 1.29 is 4.79 Å². The molecule has 0 bridgehead atoms. The Morgan fingerprint density at radius 2 is 2.04 bits per heavy atom. The predicted molar refractivity (Wildman–Crippen MR) is 107 cm³/mol. The van der Waals surface area contributed by atoms with Gasteiger partial charge in [0, 0.05) is 31.5 Å². The van der Waals surface area contributed by atoms with Crippen LogP contribution < -0.4 is 10.9 Å². The minimum absolute atomic E-state index is 0.0553. The van der Waals surface area contributed by atoms with Gasteiger partial charge in [0.05, 0.1) is 16.7 Å². The molecule has 2 N–H and O–H groups in total. The first-order valence-electron chi connectivity index (χ1n) is 9.79. The van der Waals surface area contributed by atoms with Crippen molar-refractivity contribution in [2.24, 2.45) is 13.0 Å². The van der Waals surface area contributed by atoms with Gasteiger partial charge in [-0.1, -0.05) is 12.1 Å². The number of hydrogen-bond acceptors (Lipinski definition) is 4. The van der Waals surface area contributed by atoms with Gasteiger partial charge in [-0.05, 0) is 44.7 Å². The summed E-state index contributed by atoms with van der Waals surface area (Å²) in [7, 11) is 2.00. The Kier molecular flexibility index (Phi) is 4.98. The lowest BCUT2D eigenvalue weighted by Crippen LogP contribution is -2.32. The molecule has 0 saturated carbocycles. The van der Waals surface area contributed by atoms with Crippen molar-refractivity contribution in [1.82, 2.24) is 24.8 Å². The number of imidazole rings is 1. The van der Waals surface area contributed by atoms with Gasteiger partial charge in [-0.3, -0.25) is 9.59 Å². The van der Waals surface area contributed by atoms with Gasteiger partial charge in [0.25, 0.3) is 5.56 Å². The van der Waals surface area contributed by atoms with E-state index < -0.39 is 0 Å². The van der Waals surface area contributed by atoms with Crippen molar-refractivity contribution in [2.75, 3.05) is 6.54 Å². The van der Waals surface area contributed by atoms with Crippen LogP contribution in [0.15, 0.2) is 29.1 Å². The van der Waals surface area contributed by atoms with Gasteiger partial charge >= 0.3 is 0 Å². The summed E-state index contributed by atoms with van der Waals surface area (Å²) in [5.74, 6) is 1.56. The van der Waals surface area contributed by atoms with Crippen LogP contribution in [-0.2, 0) is 31.1 Å². The molecule has 7 nitrogen and oxygen atoms in total. The molecule has 28 heavy (non-hydrogen) atoms. The molecule has 0 spiro atoms. The molecular weight excluding hydrogens is 354 g/mol. The molecule has 1 aromatic carbocycles. The molecule has 0 fully saturated rings. The van der Waals surface area contributed by atoms with Gasteiger partial charge in [-0.25, -0.2) is 9.97 Å². The van der Waals surface area contributed by atoms with Crippen LogP contribution in [0.25, 0.3) is 11.0 Å². The number of para-hydroxylation sites is 2. The Morgan fingerprint density at radius 3 is 2.86 bits per heavy atom. The van der Waals surface area contributed by atoms with Crippen LogP contribution >= 0.6 is 0 Å². The smallest absolute Gasteiger partial charge is 0.254 e. The summed E-state index contributed by atoms with van der Waals surface area (Å²) in [5.41, 5.74) is 3.58. The van der Waals surface area contributed by atoms with E-state index in [0.717, 1.165) is 34.5 Å². The van der Waals surface area contributed by atoms with Crippen molar-refractivity contribution >= 4 is 16.9 Å². The lowest BCUT2D eigenvalue weighted by Gasteiger charge is -2.14. The molecule has 1 atom stereocenters. The molecule has 7 heteroatoms. The van der Waals surface area contributed by atoms with Crippen LogP contribution in [0.5, 0.6) is 0 Å². The van der Waals surface area contributed by atoms with Gasteiger partial charge in [-0.2, -0.15) is 0 Å². The molecule has 1 aliphatic rings. The number of H-pyrrole nitrogens is 1. The molecule has 2 aromatic heterocycles. The SMILES string of the molecule is Cc1nc2c(c(=O)[nH]1)CCC(C(=O)NCCc1nc3ccccc3n1C)CC2. The number of rotatable bonds is 4. The summed E-state index contributed by atoms with van der Waals surface area (Å²) in [5, 5.41) is 3.05. The molecule has 1 amide bonds. The van der Waals surface area contributed by atoms with Gasteiger partial charge < -0.3 is 14.9 Å². The highest BCUT2D eigenvalue weighted by Crippen LogP contribution is 2.22. The van der Waals surface area contributed by atoms with E-state index in [9.17, 15) is 9.59 Å². The molecule has 146 valence electrons. The predicted octanol–water partition coefficient (Wildman–Crippen LogP) is 1.82. The fraction of sp³-hybridized carbons (Fsp3) is 0.429. The molecule has 0 aliphatic heterocycles. The highest BCUT2D eigenvalue weighted by molar-refractivity contribution is 5.79. The van der Waals surface area contributed by atoms with E-state index in [0.29, 0.717) is 38.1 Å². The Morgan fingerprint density at radius 1 is 1.25 bits per heavy atom. The summed E-state index contributed by atoms with van der Waals surface area (Å²) < 4.78 is 2.07. The van der Waals surface area contributed by atoms with Crippen LogP contribution in [-0.4, -0.2) is 32.0 Å². The maximum atomic E-state index is 12.7. The molecule has 0 radical (unpaired) electrons. The fourth-order valence-corrected chi connectivity index (χ4v) is 4.03. The van der Waals surface area contributed by atoms with Crippen molar-refractivity contribution in [1.29, 1.82) is 0 Å². The topological polar surface area (TPSA) is 92.7 Å². The van der Waals surface area contributed by atoms with Crippen LogP contribution in [0.4, 0.5) is 0 Å². The Balaban J connectivity index is 1.36. The number of carbonyl (C=O) groups is 1. The summed E-state index contributed by atoms with van der Waals surface area (Å²) in [6.45, 7) is 2.34. The molecule has 3 aromatic rings. The van der Waals surface area contributed by atoms with Gasteiger partial charge in [0.15, 0.2) is 0 Å². The molecule has 4 rings (SSSR count). The van der Waals surface area contributed by atoms with Crippen LogP contribution in [0.1, 0.15) is 35.7 Å². The monoisotopic (exact) mass is 379 g/mol. The summed E-state index contributed by atoms with van der Waals surface area (Å²) in [6.07, 6.45) is 3.36. The fourth-order valence-electron chi connectivity index (χ4n) is 4.03. The number of hydrogen-bond donors (Lipinski definition) is 2. The van der Waals surface area contributed by atoms with Crippen LogP contribution in [0.2, 0.25) is 0 Å². The largest absolute Gasteiger partial charge is 0.355 e. The van der Waals surface area contributed by atoms with E-state index in [4.69, 9.17) is 0 Å². The van der Waals surface area contributed by atoms with E-state index >= 15 is 0 Å². The van der Waals surface area contributed by atoms with E-state index in [1.165, 1.54) is 0 Å². The Hall–Kier alpha value is -2.96. The van der Waals surface area contributed by atoms with Crippen LogP contribution in [0.3, 0.4) is 0 Å². The minimum atomic E-state index is -0.0886. The van der Waals surface area contributed by atoms with Gasteiger partial charge in [0.1, 0.15) is 11.6 Å². The third-order valence-corrected chi connectivity index (χ3v) is 5.59. The lowest BCUT2D eigenvalue weighted by molar-refractivity contribution is -0.125. The first kappa shape index (κ1) is 18.4. The van der Waals surface area contributed by atoms with E-state index in [1.54, 1.807) is 6.92 Å². The Labute approximate surface area is 163 Å². The second kappa shape index (κ2) is 7.58. The quantitative estimate of drug-likeness (QED) is 0.676. The number of benzene rings is 1. The zero-order chi connectivity index (χ0) is 19.7. The van der Waals surface area contributed by atoms with Gasteiger partial charge in [0.2, 0.25) is 5.91 Å². The zero-order valence-corrected chi connectivity index (χ0v) is 16.3. The third-order valence-electron chi connectivity index (χ3n) is 5.59. The van der Waals surface area contributed by atoms with Gasteiger partial charge in [-0.15, -0.1) is 0 Å². The second-order valence-corrected chi connectivity index (χ2v) is 7.47. The maximum absolute atomic E-state index is 12.7. The zero-order valence-electron chi connectivity index (χ0n) is 16.3. The highest BCUT2D eigenvalue weighted by atomic mass is 16.2. The standard InChI is InChI=1S/C21H25N5O2/c1-13-23-16-10-8-14(7-9-15(16)21(28)24-13)20(27)22-12-11-19-25-17-5-3-4-6-18(17)26(19)2/h3-6,14H,7-12H2,1-2H3,(H,22,27)(H,23,24,28).